The number of aromatic nitrogens is 2. The van der Waals surface area contributed by atoms with E-state index in [-0.39, 0.29) is 23.1 Å². The number of aromatic amines is 1. The second kappa shape index (κ2) is 5.08. The quantitative estimate of drug-likeness (QED) is 0.585. The third-order valence-electron chi connectivity index (χ3n) is 4.18. The first-order chi connectivity index (χ1) is 11.5. The summed E-state index contributed by atoms with van der Waals surface area (Å²) in [5.74, 6) is -0.686. The Kier molecular flexibility index (Phi) is 3.02. The second-order valence-electron chi connectivity index (χ2n) is 5.69. The van der Waals surface area contributed by atoms with Crippen molar-refractivity contribution in [3.63, 3.8) is 0 Å². The maximum Gasteiger partial charge on any atom is 0.301 e. The highest BCUT2D eigenvalue weighted by molar-refractivity contribution is 5.87. The monoisotopic (exact) mass is 326 g/mol. The van der Waals surface area contributed by atoms with Crippen LogP contribution in [-0.4, -0.2) is 46.0 Å². The summed E-state index contributed by atoms with van der Waals surface area (Å²) in [7, 11) is 0. The van der Waals surface area contributed by atoms with Crippen molar-refractivity contribution < 1.29 is 14.5 Å². The van der Waals surface area contributed by atoms with Crippen LogP contribution in [-0.2, 0) is 0 Å². The molecule has 1 atom stereocenters. The molecule has 0 bridgehead atoms. The van der Waals surface area contributed by atoms with E-state index >= 15 is 0 Å². The zero-order valence-corrected chi connectivity index (χ0v) is 12.5. The van der Waals surface area contributed by atoms with Gasteiger partial charge in [0.15, 0.2) is 11.9 Å². The molecule has 0 spiro atoms. The van der Waals surface area contributed by atoms with E-state index in [9.17, 15) is 14.7 Å². The molecule has 1 unspecified atom stereocenters. The number of rotatable bonds is 2. The van der Waals surface area contributed by atoms with Crippen LogP contribution in [0.1, 0.15) is 10.4 Å². The van der Waals surface area contributed by atoms with Crippen molar-refractivity contribution in [2.24, 2.45) is 0 Å². The lowest BCUT2D eigenvalue weighted by Crippen LogP contribution is -2.38. The van der Waals surface area contributed by atoms with E-state index in [0.717, 1.165) is 5.69 Å². The fourth-order valence-corrected chi connectivity index (χ4v) is 3.03. The minimum absolute atomic E-state index is 0.0600. The fourth-order valence-electron chi connectivity index (χ4n) is 3.03. The topological polar surface area (TPSA) is 130 Å². The van der Waals surface area contributed by atoms with Gasteiger partial charge in [0.2, 0.25) is 18.0 Å². The molecule has 2 aliphatic heterocycles. The summed E-state index contributed by atoms with van der Waals surface area (Å²) in [6.45, 7) is 1.27. The van der Waals surface area contributed by atoms with Gasteiger partial charge in [-0.3, -0.25) is 9.78 Å². The third-order valence-corrected chi connectivity index (χ3v) is 4.18. The van der Waals surface area contributed by atoms with E-state index in [2.05, 4.69) is 15.3 Å². The van der Waals surface area contributed by atoms with Crippen LogP contribution in [0.2, 0.25) is 0 Å². The molecule has 122 valence electrons. The summed E-state index contributed by atoms with van der Waals surface area (Å²) in [4.78, 5) is 31.6. The summed E-state index contributed by atoms with van der Waals surface area (Å²) in [6, 6.07) is 6.47. The number of benzene rings is 1. The normalized spacial score (nSPS) is 18.4. The first-order valence-corrected chi connectivity index (χ1v) is 7.38. The zero-order valence-electron chi connectivity index (χ0n) is 12.5. The minimum Gasteiger partial charge on any atom is -0.545 e. The summed E-state index contributed by atoms with van der Waals surface area (Å²) in [5.41, 5.74) is 6.65. The van der Waals surface area contributed by atoms with Gasteiger partial charge in [0, 0.05) is 0 Å². The average Bonchev–Trinajstić information content (AvgIpc) is 2.98. The van der Waals surface area contributed by atoms with Crippen LogP contribution in [0.15, 0.2) is 29.1 Å². The van der Waals surface area contributed by atoms with E-state index in [0.29, 0.717) is 24.6 Å². The van der Waals surface area contributed by atoms with Crippen LogP contribution in [0.25, 0.3) is 0 Å². The van der Waals surface area contributed by atoms with Crippen molar-refractivity contribution >= 4 is 35.4 Å². The highest BCUT2D eigenvalue weighted by atomic mass is 16.4. The molecule has 0 saturated heterocycles. The SMILES string of the molecule is Nc1nc2c(c(=O)[nH]1)[N+]1=CN(c3ccc(C(=O)[O-])cc3)CC1CN2. The van der Waals surface area contributed by atoms with Crippen LogP contribution in [0.5, 0.6) is 0 Å². The Balaban J connectivity index is 1.72. The lowest BCUT2D eigenvalue weighted by atomic mass is 10.2. The van der Waals surface area contributed by atoms with Crippen LogP contribution in [0.3, 0.4) is 0 Å². The first kappa shape index (κ1) is 14.2. The summed E-state index contributed by atoms with van der Waals surface area (Å²) >= 11 is 0. The number of fused-ring (bicyclic) bond motifs is 3. The predicted octanol–water partition coefficient (Wildman–Crippen LogP) is -1.30. The van der Waals surface area contributed by atoms with E-state index in [4.69, 9.17) is 5.73 Å². The number of nitrogens with one attached hydrogen (secondary N) is 2. The molecule has 2 aliphatic rings. The lowest BCUT2D eigenvalue weighted by Gasteiger charge is -2.20. The van der Waals surface area contributed by atoms with E-state index in [1.165, 1.54) is 12.1 Å². The molecule has 9 nitrogen and oxygen atoms in total. The van der Waals surface area contributed by atoms with Gasteiger partial charge < -0.3 is 21.0 Å². The van der Waals surface area contributed by atoms with Gasteiger partial charge in [-0.2, -0.15) is 4.98 Å². The van der Waals surface area contributed by atoms with E-state index < -0.39 is 5.97 Å². The molecule has 0 amide bonds. The summed E-state index contributed by atoms with van der Waals surface area (Å²) in [6.07, 6.45) is 1.82. The van der Waals surface area contributed by atoms with Crippen LogP contribution >= 0.6 is 0 Å². The molecule has 0 radical (unpaired) electrons. The highest BCUT2D eigenvalue weighted by Crippen LogP contribution is 2.28. The van der Waals surface area contributed by atoms with Gasteiger partial charge in [0.25, 0.3) is 0 Å². The Morgan fingerprint density at radius 1 is 1.38 bits per heavy atom. The number of hydrogen-bond donors (Lipinski definition) is 3. The number of nitrogens with two attached hydrogens (primary N) is 1. The maximum atomic E-state index is 12.2. The average molecular weight is 326 g/mol. The van der Waals surface area contributed by atoms with Crippen LogP contribution in [0.4, 0.5) is 23.1 Å². The first-order valence-electron chi connectivity index (χ1n) is 7.38. The predicted molar refractivity (Wildman–Crippen MR) is 85.7 cm³/mol. The molecule has 0 fully saturated rings. The molecule has 4 N–H and O–H groups in total. The Morgan fingerprint density at radius 2 is 2.12 bits per heavy atom. The molecule has 0 saturated carbocycles. The number of carboxylic acid groups (broad SMARTS) is 1. The number of H-pyrrole nitrogens is 1. The molecule has 3 heterocycles. The van der Waals surface area contributed by atoms with Gasteiger partial charge >= 0.3 is 5.56 Å². The molecular weight excluding hydrogens is 312 g/mol. The second-order valence-corrected chi connectivity index (χ2v) is 5.69. The number of hydrogen-bond acceptors (Lipinski definition) is 7. The Hall–Kier alpha value is -3.36. The van der Waals surface area contributed by atoms with Crippen LogP contribution in [0, 0.1) is 0 Å². The number of carbonyl (C=O) groups is 1. The van der Waals surface area contributed by atoms with E-state index in [1.54, 1.807) is 12.1 Å². The van der Waals surface area contributed by atoms with Crippen molar-refractivity contribution in [3.8, 4) is 0 Å². The lowest BCUT2D eigenvalue weighted by molar-refractivity contribution is -0.468. The smallest absolute Gasteiger partial charge is 0.301 e. The Morgan fingerprint density at radius 3 is 2.83 bits per heavy atom. The number of aromatic carboxylic acids is 1. The standard InChI is InChI=1S/C15H14N6O3/c16-15-18-12-11(13(22)19-15)21-7-20(6-10(21)5-17-12)9-3-1-8(2-4-9)14(23)24/h1-4,7,10H,5-6H2,(H4-,16,17,18,19,22,23,24). The van der Waals surface area contributed by atoms with Gasteiger partial charge in [0.05, 0.1) is 12.5 Å². The summed E-state index contributed by atoms with van der Waals surface area (Å²) in [5, 5.41) is 14.0. The van der Waals surface area contributed by atoms with Crippen molar-refractivity contribution in [1.29, 1.82) is 0 Å². The molecule has 1 aromatic carbocycles. The Labute approximate surface area is 136 Å². The van der Waals surface area contributed by atoms with Gasteiger partial charge in [-0.25, -0.2) is 9.48 Å². The van der Waals surface area contributed by atoms with E-state index in [1.807, 2.05) is 15.8 Å². The van der Waals surface area contributed by atoms with Crippen molar-refractivity contribution in [1.82, 2.24) is 9.97 Å². The molecule has 24 heavy (non-hydrogen) atoms. The number of anilines is 3. The van der Waals surface area contributed by atoms with Crippen molar-refractivity contribution in [2.45, 2.75) is 6.04 Å². The van der Waals surface area contributed by atoms with Crippen molar-refractivity contribution in [2.75, 3.05) is 29.0 Å². The van der Waals surface area contributed by atoms with Crippen LogP contribution < -0.4 is 26.6 Å². The van der Waals surface area contributed by atoms with Gasteiger partial charge in [-0.15, -0.1) is 0 Å². The molecule has 2 aromatic rings. The highest BCUT2D eigenvalue weighted by Gasteiger charge is 2.39. The Bertz CT molecular complexity index is 918. The number of nitrogens with zero attached hydrogens (tertiary/aromatic N) is 3. The molecular formula is C15H14N6O3. The molecule has 4 rings (SSSR count). The molecule has 0 aliphatic carbocycles. The number of carboxylic acids is 1. The van der Waals surface area contributed by atoms with Gasteiger partial charge in [0.1, 0.15) is 12.2 Å². The van der Waals surface area contributed by atoms with Gasteiger partial charge in [-0.1, -0.05) is 0 Å². The molecule has 9 heteroatoms. The molecule has 1 aromatic heterocycles. The zero-order chi connectivity index (χ0) is 16.8. The number of carbonyl (C=O) groups excluding carboxylic acids is 1. The third kappa shape index (κ3) is 2.18. The largest absolute Gasteiger partial charge is 0.545 e. The minimum atomic E-state index is -1.21. The fraction of sp³-hybridized carbons (Fsp3) is 0.200. The van der Waals surface area contributed by atoms with Crippen molar-refractivity contribution in [3.05, 3.63) is 40.2 Å². The van der Waals surface area contributed by atoms with Gasteiger partial charge in [-0.05, 0) is 29.8 Å². The number of nitrogen functional groups attached to an aromatic ring is 1. The maximum absolute atomic E-state index is 12.2. The summed E-state index contributed by atoms with van der Waals surface area (Å²) < 4.78 is 1.86.